The molecular weight excluding hydrogens is 306 g/mol. The maximum atomic E-state index is 12.8. The molecule has 1 aromatic rings. The first-order chi connectivity index (χ1) is 10.9. The average molecular weight is 321 g/mol. The number of β-amino-alcohol motifs (C(OH)–C–C–N with tert-alkyl or cyclic N) is 1. The van der Waals surface area contributed by atoms with Crippen LogP contribution < -0.4 is 0 Å². The van der Waals surface area contributed by atoms with Gasteiger partial charge >= 0.3 is 5.54 Å². The monoisotopic (exact) mass is 321 g/mol. The fraction of sp³-hybridized carbons (Fsp3) is 0.500. The molecule has 9 heteroatoms. The Bertz CT molecular complexity index is 708. The number of rotatable bonds is 4. The molecule has 1 aliphatic heterocycles. The number of ketones is 1. The van der Waals surface area contributed by atoms with Crippen molar-refractivity contribution in [3.05, 3.63) is 55.6 Å². The lowest BCUT2D eigenvalue weighted by molar-refractivity contribution is -0.623. The van der Waals surface area contributed by atoms with Crippen molar-refractivity contribution in [3.8, 4) is 0 Å². The van der Waals surface area contributed by atoms with E-state index in [2.05, 4.69) is 0 Å². The Labute approximate surface area is 130 Å². The highest BCUT2D eigenvalue weighted by molar-refractivity contribution is 6.05. The third-order valence-electron chi connectivity index (χ3n) is 4.77. The van der Waals surface area contributed by atoms with Gasteiger partial charge in [-0.15, -0.1) is 0 Å². The average Bonchev–Trinajstić information content (AvgIpc) is 2.52. The minimum Gasteiger partial charge on any atom is -0.395 e. The van der Waals surface area contributed by atoms with Gasteiger partial charge in [0.05, 0.1) is 19.7 Å². The quantitative estimate of drug-likeness (QED) is 0.614. The number of piperidine rings is 1. The molecule has 23 heavy (non-hydrogen) atoms. The Morgan fingerprint density at radius 1 is 1.13 bits per heavy atom. The SMILES string of the molecule is O=C1c2ccccc2[C@@]2([N+](=O)[O-])CN(CCO)C[C@@]1([N+](=O)[O-])C2. The Morgan fingerprint density at radius 2 is 1.74 bits per heavy atom. The van der Waals surface area contributed by atoms with Crippen LogP contribution in [0.15, 0.2) is 24.3 Å². The van der Waals surface area contributed by atoms with Crippen molar-refractivity contribution in [2.75, 3.05) is 26.2 Å². The van der Waals surface area contributed by atoms with E-state index in [4.69, 9.17) is 5.11 Å². The molecule has 0 radical (unpaired) electrons. The van der Waals surface area contributed by atoms with Crippen LogP contribution in [0.3, 0.4) is 0 Å². The maximum Gasteiger partial charge on any atom is 0.303 e. The minimum atomic E-state index is -2.05. The molecule has 0 amide bonds. The van der Waals surface area contributed by atoms with Gasteiger partial charge in [-0.3, -0.25) is 29.9 Å². The largest absolute Gasteiger partial charge is 0.395 e. The molecule has 2 aliphatic rings. The summed E-state index contributed by atoms with van der Waals surface area (Å²) in [5.41, 5.74) is -3.49. The third-order valence-corrected chi connectivity index (χ3v) is 4.77. The summed E-state index contributed by atoms with van der Waals surface area (Å²) in [6, 6.07) is 6.03. The zero-order valence-electron chi connectivity index (χ0n) is 12.2. The van der Waals surface area contributed by atoms with Crippen LogP contribution in [0.25, 0.3) is 0 Å². The minimum absolute atomic E-state index is 0.0423. The maximum absolute atomic E-state index is 12.8. The molecular formula is C14H15N3O6. The van der Waals surface area contributed by atoms with Crippen molar-refractivity contribution in [2.45, 2.75) is 17.5 Å². The molecule has 1 saturated heterocycles. The number of aliphatic hydroxyl groups excluding tert-OH is 1. The number of hydrogen-bond acceptors (Lipinski definition) is 7. The van der Waals surface area contributed by atoms with E-state index in [1.807, 2.05) is 0 Å². The molecule has 2 bridgehead atoms. The highest BCUT2D eigenvalue weighted by Crippen LogP contribution is 2.47. The van der Waals surface area contributed by atoms with Gasteiger partial charge in [-0.25, -0.2) is 0 Å². The van der Waals surface area contributed by atoms with Crippen molar-refractivity contribution in [3.63, 3.8) is 0 Å². The van der Waals surface area contributed by atoms with Gasteiger partial charge in [0, 0.05) is 27.5 Å². The zero-order chi connectivity index (χ0) is 16.8. The highest BCUT2D eigenvalue weighted by Gasteiger charge is 2.70. The summed E-state index contributed by atoms with van der Waals surface area (Å²) in [5.74, 6) is -0.696. The van der Waals surface area contributed by atoms with Crippen LogP contribution in [-0.4, -0.2) is 57.4 Å². The lowest BCUT2D eigenvalue weighted by Gasteiger charge is -2.45. The molecule has 1 N–H and O–H groups in total. The molecule has 2 atom stereocenters. The number of nitrogens with zero attached hydrogens (tertiary/aromatic N) is 3. The van der Waals surface area contributed by atoms with Crippen molar-refractivity contribution in [2.24, 2.45) is 0 Å². The van der Waals surface area contributed by atoms with Crippen LogP contribution in [-0.2, 0) is 5.54 Å². The summed E-state index contributed by atoms with van der Waals surface area (Å²) in [7, 11) is 0. The van der Waals surface area contributed by atoms with Crippen LogP contribution in [0.1, 0.15) is 22.3 Å². The molecule has 1 aliphatic carbocycles. The van der Waals surface area contributed by atoms with Gasteiger partial charge in [-0.2, -0.15) is 0 Å². The molecule has 122 valence electrons. The summed E-state index contributed by atoms with van der Waals surface area (Å²) < 4.78 is 0. The number of hydrogen-bond donors (Lipinski definition) is 1. The number of carbonyl (C=O) groups is 1. The molecule has 0 saturated carbocycles. The van der Waals surface area contributed by atoms with E-state index in [-0.39, 0.29) is 37.4 Å². The summed E-state index contributed by atoms with van der Waals surface area (Å²) >= 11 is 0. The second-order valence-electron chi connectivity index (χ2n) is 6.06. The Kier molecular flexibility index (Phi) is 3.42. The van der Waals surface area contributed by atoms with E-state index in [0.717, 1.165) is 0 Å². The first-order valence-electron chi connectivity index (χ1n) is 7.14. The van der Waals surface area contributed by atoms with Gasteiger partial charge in [-0.05, 0) is 0 Å². The summed E-state index contributed by atoms with van der Waals surface area (Å²) in [6.07, 6.45) is -0.461. The summed E-state index contributed by atoms with van der Waals surface area (Å²) in [5, 5.41) is 32.7. The third kappa shape index (κ3) is 1.97. The topological polar surface area (TPSA) is 127 Å². The molecule has 3 rings (SSSR count). The van der Waals surface area contributed by atoms with E-state index < -0.39 is 33.1 Å². The molecule has 0 aromatic heterocycles. The Balaban J connectivity index is 2.27. The molecule has 1 heterocycles. The van der Waals surface area contributed by atoms with Crippen LogP contribution in [0.2, 0.25) is 0 Å². The van der Waals surface area contributed by atoms with Gasteiger partial charge in [-0.1, -0.05) is 24.3 Å². The van der Waals surface area contributed by atoms with Gasteiger partial charge in [0.15, 0.2) is 0 Å². The van der Waals surface area contributed by atoms with Gasteiger partial charge in [0.1, 0.15) is 6.42 Å². The van der Waals surface area contributed by atoms with Crippen molar-refractivity contribution >= 4 is 5.78 Å². The van der Waals surface area contributed by atoms with Crippen LogP contribution >= 0.6 is 0 Å². The van der Waals surface area contributed by atoms with Crippen LogP contribution in [0, 0.1) is 20.2 Å². The lowest BCUT2D eigenvalue weighted by Crippen LogP contribution is -2.69. The van der Waals surface area contributed by atoms with E-state index in [1.165, 1.54) is 17.0 Å². The molecule has 0 unspecified atom stereocenters. The normalized spacial score (nSPS) is 29.9. The number of aliphatic hydroxyl groups is 1. The van der Waals surface area contributed by atoms with E-state index in [0.29, 0.717) is 0 Å². The number of fused-ring (bicyclic) bond motifs is 4. The van der Waals surface area contributed by atoms with Crippen molar-refractivity contribution in [1.29, 1.82) is 0 Å². The number of carbonyl (C=O) groups excluding carboxylic acids is 1. The second kappa shape index (κ2) is 5.07. The fourth-order valence-corrected chi connectivity index (χ4v) is 3.79. The second-order valence-corrected chi connectivity index (χ2v) is 6.06. The van der Waals surface area contributed by atoms with Gasteiger partial charge in [0.2, 0.25) is 5.78 Å². The van der Waals surface area contributed by atoms with E-state index in [9.17, 15) is 25.0 Å². The summed E-state index contributed by atoms with van der Waals surface area (Å²) in [6.45, 7) is -0.554. The Hall–Kier alpha value is -2.39. The smallest absolute Gasteiger partial charge is 0.303 e. The predicted molar refractivity (Wildman–Crippen MR) is 77.3 cm³/mol. The lowest BCUT2D eigenvalue weighted by atomic mass is 9.64. The first-order valence-corrected chi connectivity index (χ1v) is 7.14. The Morgan fingerprint density at radius 3 is 2.35 bits per heavy atom. The number of benzene rings is 1. The number of Topliss-reactive ketones (excluding diaryl/α,β-unsaturated/α-hetero) is 1. The molecule has 1 fully saturated rings. The number of nitro groups is 2. The molecule has 9 nitrogen and oxygen atoms in total. The van der Waals surface area contributed by atoms with Crippen LogP contribution in [0.4, 0.5) is 0 Å². The fourth-order valence-electron chi connectivity index (χ4n) is 3.79. The van der Waals surface area contributed by atoms with Crippen LogP contribution in [0.5, 0.6) is 0 Å². The van der Waals surface area contributed by atoms with Crippen molar-refractivity contribution in [1.82, 2.24) is 4.90 Å². The first kappa shape index (κ1) is 15.5. The highest BCUT2D eigenvalue weighted by atomic mass is 16.6. The molecule has 0 spiro atoms. The zero-order valence-corrected chi connectivity index (χ0v) is 12.2. The van der Waals surface area contributed by atoms with Crippen molar-refractivity contribution < 1.29 is 19.7 Å². The molecule has 1 aromatic carbocycles. The number of likely N-dealkylation sites (tertiary alicyclic amines) is 1. The van der Waals surface area contributed by atoms with Gasteiger partial charge < -0.3 is 5.11 Å². The summed E-state index contributed by atoms with van der Waals surface area (Å²) in [4.78, 5) is 36.5. The standard InChI is InChI=1S/C14H15N3O6/c18-6-5-15-8-13(16(20)21)7-14(9-15,17(22)23)12(19)10-3-1-2-4-11(10)13/h1-4,18H,5-9H2/t13-,14-/m0/s1. The van der Waals surface area contributed by atoms with E-state index in [1.54, 1.807) is 12.1 Å². The predicted octanol–water partition coefficient (Wildman–Crippen LogP) is 0.0684. The van der Waals surface area contributed by atoms with Gasteiger partial charge in [0.25, 0.3) is 5.54 Å². The van der Waals surface area contributed by atoms with E-state index >= 15 is 0 Å².